The zero-order valence-corrected chi connectivity index (χ0v) is 18.6. The van der Waals surface area contributed by atoms with E-state index in [1.54, 1.807) is 11.8 Å². The number of hydrogen-bond acceptors (Lipinski definition) is 10. The van der Waals surface area contributed by atoms with E-state index in [1.165, 1.54) is 12.1 Å². The van der Waals surface area contributed by atoms with Gasteiger partial charge in [-0.15, -0.1) is 20.4 Å². The summed E-state index contributed by atoms with van der Waals surface area (Å²) in [6.45, 7) is 2.70. The van der Waals surface area contributed by atoms with E-state index in [1.807, 2.05) is 11.8 Å². The van der Waals surface area contributed by atoms with Gasteiger partial charge in [0.15, 0.2) is 0 Å². The number of carbonyl (C=O) groups excluding carboxylic acids is 1. The first-order valence-electron chi connectivity index (χ1n) is 9.41. The van der Waals surface area contributed by atoms with Crippen molar-refractivity contribution < 1.29 is 31.1 Å². The van der Waals surface area contributed by atoms with Gasteiger partial charge >= 0.3 is 21.5 Å². The van der Waals surface area contributed by atoms with E-state index in [2.05, 4.69) is 20.4 Å². The number of azo groups is 1. The van der Waals surface area contributed by atoms with Crippen LogP contribution < -0.4 is 9.62 Å². The molecule has 0 bridgehead atoms. The number of fused-ring (bicyclic) bond motifs is 1. The molecular weight excluding hydrogens is 473 g/mol. The molecule has 0 atom stereocenters. The summed E-state index contributed by atoms with van der Waals surface area (Å²) in [6, 6.07) is 2.76. The standard InChI is InChI=1S/C17H19F3N6O4S2/c1-3-7-30-15(27)14-22-24-16(31-14)23-21-11-8-10-5-4-6-26(2)13(10)9-12(11)25-32(28,29)17(18,19)20/h8-9,25H,3-7H2,1-2H3. The van der Waals surface area contributed by atoms with Crippen LogP contribution in [0.4, 0.5) is 35.4 Å². The van der Waals surface area contributed by atoms with E-state index in [4.69, 9.17) is 4.74 Å². The van der Waals surface area contributed by atoms with E-state index < -0.39 is 21.5 Å². The second-order valence-corrected chi connectivity index (χ2v) is 9.43. The second-order valence-electron chi connectivity index (χ2n) is 6.80. The largest absolute Gasteiger partial charge is 0.516 e. The lowest BCUT2D eigenvalue weighted by molar-refractivity contribution is -0.0429. The fourth-order valence-electron chi connectivity index (χ4n) is 2.86. The molecule has 1 aromatic heterocycles. The van der Waals surface area contributed by atoms with Gasteiger partial charge in [-0.3, -0.25) is 4.72 Å². The van der Waals surface area contributed by atoms with Gasteiger partial charge in [0.25, 0.3) is 5.13 Å². The Bertz CT molecular complexity index is 1130. The van der Waals surface area contributed by atoms with Crippen LogP contribution in [0.25, 0.3) is 0 Å². The minimum absolute atomic E-state index is 0.0482. The Morgan fingerprint density at radius 1 is 1.31 bits per heavy atom. The number of alkyl halides is 3. The van der Waals surface area contributed by atoms with Crippen molar-refractivity contribution in [2.75, 3.05) is 29.8 Å². The summed E-state index contributed by atoms with van der Waals surface area (Å²) >= 11 is 0.779. The van der Waals surface area contributed by atoms with E-state index >= 15 is 0 Å². The summed E-state index contributed by atoms with van der Waals surface area (Å²) in [7, 11) is -3.92. The van der Waals surface area contributed by atoms with Gasteiger partial charge in [-0.25, -0.2) is 4.79 Å². The zero-order valence-electron chi connectivity index (χ0n) is 17.0. The molecule has 0 spiro atoms. The van der Waals surface area contributed by atoms with Gasteiger partial charge in [0.05, 0.1) is 12.3 Å². The molecule has 0 radical (unpaired) electrons. The molecule has 32 heavy (non-hydrogen) atoms. The van der Waals surface area contributed by atoms with Crippen molar-refractivity contribution in [1.29, 1.82) is 0 Å². The van der Waals surface area contributed by atoms with Crippen molar-refractivity contribution in [2.45, 2.75) is 31.7 Å². The Morgan fingerprint density at radius 3 is 2.75 bits per heavy atom. The molecule has 2 aromatic rings. The van der Waals surface area contributed by atoms with E-state index in [0.717, 1.165) is 23.3 Å². The Kier molecular flexibility index (Phi) is 6.97. The molecule has 0 aliphatic carbocycles. The van der Waals surface area contributed by atoms with Crippen LogP contribution in [0.15, 0.2) is 22.4 Å². The number of aromatic nitrogens is 2. The van der Waals surface area contributed by atoms with Gasteiger partial charge in [0, 0.05) is 19.3 Å². The number of hydrogen-bond donors (Lipinski definition) is 1. The lowest BCUT2D eigenvalue weighted by Gasteiger charge is -2.28. The molecule has 1 N–H and O–H groups in total. The van der Waals surface area contributed by atoms with E-state index in [0.29, 0.717) is 25.1 Å². The molecular formula is C17H19F3N6O4S2. The lowest BCUT2D eigenvalue weighted by atomic mass is 10.0. The van der Waals surface area contributed by atoms with Crippen molar-refractivity contribution in [3.05, 3.63) is 22.7 Å². The fourth-order valence-corrected chi connectivity index (χ4v) is 3.99. The maximum Gasteiger partial charge on any atom is 0.516 e. The monoisotopic (exact) mass is 492 g/mol. The molecule has 0 saturated heterocycles. The van der Waals surface area contributed by atoms with E-state index in [-0.39, 0.29) is 28.1 Å². The molecule has 2 heterocycles. The maximum absolute atomic E-state index is 12.9. The number of carbonyl (C=O) groups is 1. The molecule has 10 nitrogen and oxygen atoms in total. The number of esters is 1. The van der Waals surface area contributed by atoms with E-state index in [9.17, 15) is 26.4 Å². The van der Waals surface area contributed by atoms with Crippen LogP contribution in [0, 0.1) is 0 Å². The predicted molar refractivity (Wildman–Crippen MR) is 111 cm³/mol. The normalized spacial score (nSPS) is 14.5. The number of ether oxygens (including phenoxy) is 1. The Hall–Kier alpha value is -2.81. The topological polar surface area (TPSA) is 126 Å². The number of rotatable bonds is 7. The van der Waals surface area contributed by atoms with Gasteiger partial charge in [0.2, 0.25) is 5.01 Å². The van der Waals surface area contributed by atoms with Crippen molar-refractivity contribution >= 4 is 49.5 Å². The molecule has 0 unspecified atom stereocenters. The zero-order chi connectivity index (χ0) is 23.5. The molecule has 1 aromatic carbocycles. The van der Waals surface area contributed by atoms with Crippen LogP contribution in [-0.4, -0.2) is 50.3 Å². The van der Waals surface area contributed by atoms with Crippen LogP contribution >= 0.6 is 11.3 Å². The highest BCUT2D eigenvalue weighted by molar-refractivity contribution is 7.93. The van der Waals surface area contributed by atoms with Crippen molar-refractivity contribution in [3.8, 4) is 0 Å². The number of benzene rings is 1. The Labute approximate surface area is 185 Å². The Morgan fingerprint density at radius 2 is 2.06 bits per heavy atom. The lowest BCUT2D eigenvalue weighted by Crippen LogP contribution is -2.30. The molecule has 0 amide bonds. The Balaban J connectivity index is 1.94. The molecule has 174 valence electrons. The minimum Gasteiger partial charge on any atom is -0.460 e. The van der Waals surface area contributed by atoms with Crippen LogP contribution in [0.2, 0.25) is 0 Å². The average molecular weight is 493 g/mol. The predicted octanol–water partition coefficient (Wildman–Crippen LogP) is 4.16. The van der Waals surface area contributed by atoms with Gasteiger partial charge in [0.1, 0.15) is 5.69 Å². The van der Waals surface area contributed by atoms with Gasteiger partial charge < -0.3 is 9.64 Å². The summed E-state index contributed by atoms with van der Waals surface area (Å²) < 4.78 is 68.5. The first-order chi connectivity index (χ1) is 15.0. The van der Waals surface area contributed by atoms with Crippen molar-refractivity contribution in [1.82, 2.24) is 10.2 Å². The molecule has 0 saturated carbocycles. The summed E-state index contributed by atoms with van der Waals surface area (Å²) in [5, 5.41) is 14.9. The third-order valence-corrected chi connectivity index (χ3v) is 6.25. The van der Waals surface area contributed by atoms with Gasteiger partial charge in [-0.05, 0) is 37.0 Å². The quantitative estimate of drug-likeness (QED) is 0.454. The van der Waals surface area contributed by atoms with Crippen LogP contribution in [-0.2, 0) is 21.2 Å². The highest BCUT2D eigenvalue weighted by Gasteiger charge is 2.46. The number of aryl methyl sites for hydroxylation is 1. The smallest absolute Gasteiger partial charge is 0.460 e. The van der Waals surface area contributed by atoms with Crippen LogP contribution in [0.5, 0.6) is 0 Å². The van der Waals surface area contributed by atoms with Crippen molar-refractivity contribution in [3.63, 3.8) is 0 Å². The number of halogens is 3. The second kappa shape index (κ2) is 9.36. The third kappa shape index (κ3) is 5.32. The van der Waals surface area contributed by atoms with Crippen molar-refractivity contribution in [2.24, 2.45) is 10.2 Å². The maximum atomic E-state index is 12.9. The molecule has 1 aliphatic heterocycles. The number of anilines is 2. The number of nitrogens with zero attached hydrogens (tertiary/aromatic N) is 5. The SMILES string of the molecule is CCCOC(=O)c1nnc(N=Nc2cc3c(cc2NS(=O)(=O)C(F)(F)F)N(C)CCC3)s1. The minimum atomic E-state index is -5.67. The van der Waals surface area contributed by atoms with Gasteiger partial charge in [-0.2, -0.15) is 21.6 Å². The first kappa shape index (κ1) is 23.8. The molecule has 3 rings (SSSR count). The van der Waals surface area contributed by atoms with Gasteiger partial charge in [-0.1, -0.05) is 18.3 Å². The average Bonchev–Trinajstić information content (AvgIpc) is 3.19. The first-order valence-corrected chi connectivity index (χ1v) is 11.7. The fraction of sp³-hybridized carbons (Fsp3) is 0.471. The van der Waals surface area contributed by atoms with Crippen LogP contribution in [0.3, 0.4) is 0 Å². The third-order valence-electron chi connectivity index (χ3n) is 4.37. The molecule has 15 heteroatoms. The summed E-state index contributed by atoms with van der Waals surface area (Å²) in [4.78, 5) is 13.6. The molecule has 1 aliphatic rings. The summed E-state index contributed by atoms with van der Waals surface area (Å²) in [6.07, 6.45) is 2.08. The summed E-state index contributed by atoms with van der Waals surface area (Å²) in [5.41, 5.74) is -4.64. The highest BCUT2D eigenvalue weighted by atomic mass is 32.2. The number of sulfonamides is 1. The van der Waals surface area contributed by atoms with Crippen LogP contribution in [0.1, 0.15) is 35.1 Å². The molecule has 0 fully saturated rings. The summed E-state index contributed by atoms with van der Waals surface area (Å²) in [5.74, 6) is -0.679. The number of nitrogens with one attached hydrogen (secondary N) is 1. The highest BCUT2D eigenvalue weighted by Crippen LogP contribution is 2.39.